The number of aryl methyl sites for hydroxylation is 1. The Balaban J connectivity index is 2.42. The number of benzene rings is 1. The summed E-state index contributed by atoms with van der Waals surface area (Å²) in [6, 6.07) is 5.95. The molecule has 0 aliphatic carbocycles. The average Bonchev–Trinajstić information content (AvgIpc) is 2.75. The molecule has 19 heavy (non-hydrogen) atoms. The lowest BCUT2D eigenvalue weighted by atomic mass is 10.3. The third kappa shape index (κ3) is 2.96. The molecular weight excluding hydrogens is 240 g/mol. The highest BCUT2D eigenvalue weighted by Crippen LogP contribution is 2.22. The lowest BCUT2D eigenvalue weighted by Gasteiger charge is -2.06. The largest absolute Gasteiger partial charge is 0.494 e. The lowest BCUT2D eigenvalue weighted by molar-refractivity contribution is 0.287. The molecule has 1 aromatic carbocycles. The molecule has 0 atom stereocenters. The predicted octanol–water partition coefficient (Wildman–Crippen LogP) is 2.55. The number of aliphatic hydroxyl groups is 1. The fraction of sp³-hybridized carbons (Fsp3) is 0.400. The molecule has 0 saturated carbocycles. The maximum Gasteiger partial charge on any atom is 0.121 e. The molecule has 4 heteroatoms. The van der Waals surface area contributed by atoms with E-state index < -0.39 is 0 Å². The molecule has 1 N–H and O–H groups in total. The van der Waals surface area contributed by atoms with Crippen LogP contribution >= 0.6 is 0 Å². The maximum atomic E-state index is 8.96. The van der Waals surface area contributed by atoms with Gasteiger partial charge in [-0.15, -0.1) is 6.58 Å². The van der Waals surface area contributed by atoms with Crippen molar-refractivity contribution in [1.29, 1.82) is 0 Å². The van der Waals surface area contributed by atoms with Gasteiger partial charge in [0.1, 0.15) is 11.6 Å². The first-order valence-corrected chi connectivity index (χ1v) is 6.63. The van der Waals surface area contributed by atoms with E-state index in [2.05, 4.69) is 16.1 Å². The van der Waals surface area contributed by atoms with Crippen LogP contribution in [0.3, 0.4) is 0 Å². The third-order valence-corrected chi connectivity index (χ3v) is 2.98. The van der Waals surface area contributed by atoms with E-state index in [0.717, 1.165) is 42.0 Å². The van der Waals surface area contributed by atoms with Crippen molar-refractivity contribution in [1.82, 2.24) is 9.55 Å². The van der Waals surface area contributed by atoms with Crippen molar-refractivity contribution in [2.45, 2.75) is 26.3 Å². The average molecular weight is 260 g/mol. The van der Waals surface area contributed by atoms with Crippen molar-refractivity contribution < 1.29 is 9.84 Å². The van der Waals surface area contributed by atoms with E-state index in [-0.39, 0.29) is 6.61 Å². The van der Waals surface area contributed by atoms with E-state index in [4.69, 9.17) is 9.84 Å². The van der Waals surface area contributed by atoms with Crippen molar-refractivity contribution in [2.24, 2.45) is 0 Å². The highest BCUT2D eigenvalue weighted by atomic mass is 16.5. The van der Waals surface area contributed by atoms with Gasteiger partial charge in [-0.2, -0.15) is 0 Å². The minimum absolute atomic E-state index is 0.182. The van der Waals surface area contributed by atoms with Gasteiger partial charge in [-0.25, -0.2) is 4.98 Å². The van der Waals surface area contributed by atoms with E-state index in [9.17, 15) is 0 Å². The first kappa shape index (κ1) is 13.6. The Bertz CT molecular complexity index is 561. The molecule has 1 heterocycles. The van der Waals surface area contributed by atoms with Crippen LogP contribution in [0.25, 0.3) is 11.0 Å². The molecule has 0 spiro atoms. The summed E-state index contributed by atoms with van der Waals surface area (Å²) in [6.07, 6.45) is 3.35. The van der Waals surface area contributed by atoms with Crippen LogP contribution in [0.4, 0.5) is 0 Å². The minimum atomic E-state index is 0.182. The molecule has 0 amide bonds. The molecule has 0 aliphatic rings. The van der Waals surface area contributed by atoms with Gasteiger partial charge < -0.3 is 14.4 Å². The number of aliphatic hydroxyl groups excluding tert-OH is 1. The summed E-state index contributed by atoms with van der Waals surface area (Å²) in [7, 11) is 0. The number of fused-ring (bicyclic) bond motifs is 1. The van der Waals surface area contributed by atoms with Crippen LogP contribution in [0.1, 0.15) is 19.2 Å². The zero-order valence-electron chi connectivity index (χ0n) is 11.3. The highest BCUT2D eigenvalue weighted by molar-refractivity contribution is 5.77. The minimum Gasteiger partial charge on any atom is -0.494 e. The first-order valence-electron chi connectivity index (χ1n) is 6.63. The maximum absolute atomic E-state index is 8.96. The Morgan fingerprint density at radius 1 is 1.47 bits per heavy atom. The van der Waals surface area contributed by atoms with Crippen molar-refractivity contribution in [3.63, 3.8) is 0 Å². The topological polar surface area (TPSA) is 47.3 Å². The molecule has 2 rings (SSSR count). The molecule has 102 valence electrons. The molecule has 0 fully saturated rings. The standard InChI is InChI=1S/C15H20N2O2/c1-3-9-17-14-8-7-12(19-4-2)11-13(14)16-15(17)6-5-10-18/h3,7-8,11,18H,1,4-6,9-10H2,2H3. The number of imidazole rings is 1. The molecular formula is C15H20N2O2. The van der Waals surface area contributed by atoms with Gasteiger partial charge in [0.05, 0.1) is 17.6 Å². The van der Waals surface area contributed by atoms with Crippen molar-refractivity contribution in [2.75, 3.05) is 13.2 Å². The summed E-state index contributed by atoms with van der Waals surface area (Å²) in [6.45, 7) is 7.31. The predicted molar refractivity (Wildman–Crippen MR) is 76.5 cm³/mol. The van der Waals surface area contributed by atoms with Crippen LogP contribution in [0.2, 0.25) is 0 Å². The summed E-state index contributed by atoms with van der Waals surface area (Å²) < 4.78 is 7.63. The molecule has 0 radical (unpaired) electrons. The fourth-order valence-electron chi connectivity index (χ4n) is 2.18. The molecule has 0 aliphatic heterocycles. The summed E-state index contributed by atoms with van der Waals surface area (Å²) in [4.78, 5) is 4.64. The second-order valence-corrected chi connectivity index (χ2v) is 4.34. The summed E-state index contributed by atoms with van der Waals surface area (Å²) in [5, 5.41) is 8.96. The van der Waals surface area contributed by atoms with Gasteiger partial charge in [-0.3, -0.25) is 0 Å². The van der Waals surface area contributed by atoms with Crippen LogP contribution in [0.15, 0.2) is 30.9 Å². The molecule has 2 aromatic rings. The van der Waals surface area contributed by atoms with Crippen molar-refractivity contribution in [3.8, 4) is 5.75 Å². The fourth-order valence-corrected chi connectivity index (χ4v) is 2.18. The Kier molecular flexibility index (Phi) is 4.58. The summed E-state index contributed by atoms with van der Waals surface area (Å²) in [5.41, 5.74) is 2.01. The normalized spacial score (nSPS) is 10.8. The van der Waals surface area contributed by atoms with Crippen molar-refractivity contribution in [3.05, 3.63) is 36.7 Å². The van der Waals surface area contributed by atoms with Crippen LogP contribution in [0.5, 0.6) is 5.75 Å². The number of rotatable bonds is 7. The van der Waals surface area contributed by atoms with Gasteiger partial charge in [0, 0.05) is 25.6 Å². The number of aromatic nitrogens is 2. The molecule has 0 unspecified atom stereocenters. The smallest absolute Gasteiger partial charge is 0.121 e. The van der Waals surface area contributed by atoms with Gasteiger partial charge in [0.2, 0.25) is 0 Å². The van der Waals surface area contributed by atoms with Gasteiger partial charge in [-0.05, 0) is 25.5 Å². The van der Waals surface area contributed by atoms with Crippen LogP contribution in [-0.2, 0) is 13.0 Å². The second kappa shape index (κ2) is 6.38. The zero-order valence-corrected chi connectivity index (χ0v) is 11.3. The van der Waals surface area contributed by atoms with Gasteiger partial charge in [0.15, 0.2) is 0 Å². The third-order valence-electron chi connectivity index (χ3n) is 2.98. The van der Waals surface area contributed by atoms with Gasteiger partial charge in [0.25, 0.3) is 0 Å². The Morgan fingerprint density at radius 3 is 3.00 bits per heavy atom. The van der Waals surface area contributed by atoms with Crippen LogP contribution < -0.4 is 4.74 Å². The summed E-state index contributed by atoms with van der Waals surface area (Å²) >= 11 is 0. The Hall–Kier alpha value is -1.81. The second-order valence-electron chi connectivity index (χ2n) is 4.34. The first-order chi connectivity index (χ1) is 9.30. The van der Waals surface area contributed by atoms with E-state index in [1.54, 1.807) is 0 Å². The Morgan fingerprint density at radius 2 is 2.32 bits per heavy atom. The van der Waals surface area contributed by atoms with Gasteiger partial charge >= 0.3 is 0 Å². The molecule has 1 aromatic heterocycles. The van der Waals surface area contributed by atoms with E-state index in [1.807, 2.05) is 31.2 Å². The van der Waals surface area contributed by atoms with Gasteiger partial charge in [-0.1, -0.05) is 6.08 Å². The Labute approximate surface area is 113 Å². The van der Waals surface area contributed by atoms with E-state index >= 15 is 0 Å². The monoisotopic (exact) mass is 260 g/mol. The molecule has 0 saturated heterocycles. The highest BCUT2D eigenvalue weighted by Gasteiger charge is 2.10. The number of hydrogen-bond donors (Lipinski definition) is 1. The lowest BCUT2D eigenvalue weighted by Crippen LogP contribution is -2.03. The zero-order chi connectivity index (χ0) is 13.7. The van der Waals surface area contributed by atoms with Crippen LogP contribution in [0, 0.1) is 0 Å². The summed E-state index contributed by atoms with van der Waals surface area (Å²) in [5.74, 6) is 1.82. The number of ether oxygens (including phenoxy) is 1. The molecule has 0 bridgehead atoms. The van der Waals surface area contributed by atoms with E-state index in [1.165, 1.54) is 0 Å². The van der Waals surface area contributed by atoms with E-state index in [0.29, 0.717) is 6.61 Å². The number of allylic oxidation sites excluding steroid dienone is 1. The van der Waals surface area contributed by atoms with Crippen molar-refractivity contribution >= 4 is 11.0 Å². The molecule has 4 nitrogen and oxygen atoms in total. The number of nitrogens with zero attached hydrogens (tertiary/aromatic N) is 2. The SMILES string of the molecule is C=CCn1c(CCCO)nc2cc(OCC)ccc21. The quantitative estimate of drug-likeness (QED) is 0.778. The van der Waals surface area contributed by atoms with Crippen LogP contribution in [-0.4, -0.2) is 27.9 Å². The number of hydrogen-bond acceptors (Lipinski definition) is 3.